The molecule has 0 aliphatic carbocycles. The summed E-state index contributed by atoms with van der Waals surface area (Å²) in [6.45, 7) is 12.9. The molecule has 0 spiro atoms. The molecule has 0 bridgehead atoms. The van der Waals surface area contributed by atoms with Crippen molar-refractivity contribution in [1.29, 1.82) is 0 Å². The van der Waals surface area contributed by atoms with Gasteiger partial charge in [0.25, 0.3) is 10.1 Å². The number of unbranched alkanes of at least 4 members (excludes halogenated alkanes) is 4. The van der Waals surface area contributed by atoms with Crippen molar-refractivity contribution < 1.29 is 13.0 Å². The number of hydrogen-bond donors (Lipinski definition) is 1. The molecular weight excluding hydrogens is 399 g/mol. The van der Waals surface area contributed by atoms with Crippen LogP contribution < -0.4 is 0 Å². The Labute approximate surface area is 181 Å². The van der Waals surface area contributed by atoms with Gasteiger partial charge < -0.3 is 0 Å². The molecular formula is C24H44O3PS+. The van der Waals surface area contributed by atoms with Gasteiger partial charge >= 0.3 is 0 Å². The molecule has 0 amide bonds. The Morgan fingerprint density at radius 2 is 1.14 bits per heavy atom. The first-order chi connectivity index (χ1) is 13.8. The zero-order chi connectivity index (χ0) is 22.2. The highest BCUT2D eigenvalue weighted by molar-refractivity contribution is 7.85. The van der Waals surface area contributed by atoms with E-state index in [0.717, 1.165) is 5.56 Å². The van der Waals surface area contributed by atoms with E-state index in [1.165, 1.54) is 63.5 Å². The van der Waals surface area contributed by atoms with Crippen LogP contribution in [0.3, 0.4) is 0 Å². The number of hydrogen-bond acceptors (Lipinski definition) is 2. The van der Waals surface area contributed by atoms with Crippen molar-refractivity contribution in [3.63, 3.8) is 0 Å². The number of benzene rings is 1. The average molecular weight is 444 g/mol. The van der Waals surface area contributed by atoms with Gasteiger partial charge in [0.1, 0.15) is 0 Å². The fourth-order valence-corrected chi connectivity index (χ4v) is 9.19. The maximum Gasteiger partial charge on any atom is 0.294 e. The summed E-state index contributed by atoms with van der Waals surface area (Å²) in [5.41, 5.74) is 0.808. The van der Waals surface area contributed by atoms with Gasteiger partial charge in [0.05, 0.1) is 29.5 Å². The lowest BCUT2D eigenvalue weighted by atomic mass is 10.2. The summed E-state index contributed by atoms with van der Waals surface area (Å²) in [4.78, 5) is -0.104. The van der Waals surface area contributed by atoms with Crippen molar-refractivity contribution in [2.75, 3.05) is 24.6 Å². The molecule has 1 aromatic carbocycles. The molecule has 0 saturated carbocycles. The molecule has 0 saturated heterocycles. The third-order valence-corrected chi connectivity index (χ3v) is 11.3. The first kappa shape index (κ1) is 28.3. The van der Waals surface area contributed by atoms with Crippen LogP contribution >= 0.6 is 7.26 Å². The molecule has 1 N–H and O–H groups in total. The second-order valence-corrected chi connectivity index (χ2v) is 13.8. The molecule has 29 heavy (non-hydrogen) atoms. The Bertz CT molecular complexity index is 601. The summed E-state index contributed by atoms with van der Waals surface area (Å²) in [5, 5.41) is 0. The molecule has 168 valence electrons. The van der Waals surface area contributed by atoms with E-state index in [0.29, 0.717) is 0 Å². The molecule has 0 atom stereocenters. The third-order valence-electron chi connectivity index (χ3n) is 5.36. The summed E-state index contributed by atoms with van der Waals surface area (Å²) in [7, 11) is -4.62. The van der Waals surface area contributed by atoms with Gasteiger partial charge in [0.2, 0.25) is 0 Å². The smallest absolute Gasteiger partial charge is 0.282 e. The molecule has 0 heterocycles. The molecule has 1 rings (SSSR count). The van der Waals surface area contributed by atoms with E-state index in [1.54, 1.807) is 42.9 Å². The maximum absolute atomic E-state index is 10.6. The first-order valence-corrected chi connectivity index (χ1v) is 15.3. The van der Waals surface area contributed by atoms with Crippen molar-refractivity contribution >= 4 is 23.5 Å². The van der Waals surface area contributed by atoms with E-state index in [-0.39, 0.29) is 4.90 Å². The Hall–Kier alpha value is -0.700. The van der Waals surface area contributed by atoms with E-state index in [1.807, 2.05) is 0 Å². The molecule has 0 aliphatic heterocycles. The van der Waals surface area contributed by atoms with E-state index >= 15 is 0 Å². The predicted molar refractivity (Wildman–Crippen MR) is 132 cm³/mol. The van der Waals surface area contributed by atoms with E-state index in [9.17, 15) is 8.42 Å². The van der Waals surface area contributed by atoms with Crippen molar-refractivity contribution in [2.45, 2.75) is 84.0 Å². The Kier molecular flexibility index (Phi) is 15.7. The van der Waals surface area contributed by atoms with Gasteiger partial charge in [-0.05, 0) is 43.4 Å². The lowest BCUT2D eigenvalue weighted by Crippen LogP contribution is -2.12. The van der Waals surface area contributed by atoms with Crippen LogP contribution in [0.15, 0.2) is 35.7 Å². The minimum absolute atomic E-state index is 0.104. The van der Waals surface area contributed by atoms with E-state index in [4.69, 9.17) is 4.55 Å². The molecule has 0 fully saturated rings. The van der Waals surface area contributed by atoms with E-state index < -0.39 is 17.4 Å². The summed E-state index contributed by atoms with van der Waals surface area (Å²) in [5.74, 6) is 0. The average Bonchev–Trinajstić information content (AvgIpc) is 2.72. The van der Waals surface area contributed by atoms with Crippen LogP contribution in [0.25, 0.3) is 6.08 Å². The van der Waals surface area contributed by atoms with Crippen molar-refractivity contribution in [3.8, 4) is 0 Å². The van der Waals surface area contributed by atoms with Gasteiger partial charge in [0.15, 0.2) is 0 Å². The second kappa shape index (κ2) is 16.1. The van der Waals surface area contributed by atoms with Gasteiger partial charge in [-0.15, -0.1) is 0 Å². The summed E-state index contributed by atoms with van der Waals surface area (Å²) >= 11 is 0. The quantitative estimate of drug-likeness (QED) is 0.236. The molecule has 3 nitrogen and oxygen atoms in total. The minimum atomic E-state index is -4.06. The van der Waals surface area contributed by atoms with Crippen LogP contribution in [0.4, 0.5) is 0 Å². The van der Waals surface area contributed by atoms with Crippen LogP contribution in [0, 0.1) is 0 Å². The van der Waals surface area contributed by atoms with Crippen LogP contribution in [-0.4, -0.2) is 37.6 Å². The van der Waals surface area contributed by atoms with Gasteiger partial charge in [0, 0.05) is 7.26 Å². The SMILES string of the molecule is C=Cc1ccc(S(=O)(=O)O)cc1.CCCC[P+](CCCC)(CCCC)CCCC. The normalized spacial score (nSPS) is 11.6. The first-order valence-electron chi connectivity index (χ1n) is 11.3. The zero-order valence-corrected chi connectivity index (χ0v) is 20.9. The van der Waals surface area contributed by atoms with Gasteiger partial charge in [-0.25, -0.2) is 0 Å². The van der Waals surface area contributed by atoms with Crippen LogP contribution in [0.1, 0.15) is 84.6 Å². The standard InChI is InChI=1S/C16H36P.C8H8O3S/c1-5-9-13-17(14-10-6-2,15-11-7-3)16-12-8-4;1-2-7-3-5-8(6-4-7)12(9,10)11/h5-16H2,1-4H3;2-6H,1H2,(H,9,10,11)/q+1;. The Morgan fingerprint density at radius 3 is 1.38 bits per heavy atom. The Morgan fingerprint density at radius 1 is 0.793 bits per heavy atom. The van der Waals surface area contributed by atoms with Crippen molar-refractivity contribution in [2.24, 2.45) is 0 Å². The second-order valence-electron chi connectivity index (χ2n) is 7.90. The predicted octanol–water partition coefficient (Wildman–Crippen LogP) is 7.78. The number of rotatable bonds is 14. The summed E-state index contributed by atoms with van der Waals surface area (Å²) < 4.78 is 29.7. The maximum atomic E-state index is 10.6. The van der Waals surface area contributed by atoms with Gasteiger partial charge in [-0.1, -0.05) is 78.2 Å². The van der Waals surface area contributed by atoms with E-state index in [2.05, 4.69) is 34.3 Å². The van der Waals surface area contributed by atoms with Crippen molar-refractivity contribution in [3.05, 3.63) is 36.4 Å². The lowest BCUT2D eigenvalue weighted by molar-refractivity contribution is 0.483. The topological polar surface area (TPSA) is 54.4 Å². The molecule has 0 radical (unpaired) electrons. The van der Waals surface area contributed by atoms with Crippen LogP contribution in [0.2, 0.25) is 0 Å². The minimum Gasteiger partial charge on any atom is -0.282 e. The molecule has 0 aromatic heterocycles. The fraction of sp³-hybridized carbons (Fsp3) is 0.667. The van der Waals surface area contributed by atoms with Crippen LogP contribution in [0.5, 0.6) is 0 Å². The van der Waals surface area contributed by atoms with Crippen molar-refractivity contribution in [1.82, 2.24) is 0 Å². The Balaban J connectivity index is 0.000000571. The monoisotopic (exact) mass is 443 g/mol. The zero-order valence-electron chi connectivity index (χ0n) is 19.2. The van der Waals surface area contributed by atoms with Crippen LogP contribution in [-0.2, 0) is 10.1 Å². The summed E-state index contributed by atoms with van der Waals surface area (Å²) in [6.07, 6.45) is 19.5. The van der Waals surface area contributed by atoms with Gasteiger partial charge in [-0.2, -0.15) is 8.42 Å². The molecule has 0 unspecified atom stereocenters. The highest BCUT2D eigenvalue weighted by Crippen LogP contribution is 2.61. The third kappa shape index (κ3) is 12.6. The summed E-state index contributed by atoms with van der Waals surface area (Å²) in [6, 6.07) is 5.78. The largest absolute Gasteiger partial charge is 0.294 e. The molecule has 0 aliphatic rings. The van der Waals surface area contributed by atoms with Gasteiger partial charge in [-0.3, -0.25) is 4.55 Å². The lowest BCUT2D eigenvalue weighted by Gasteiger charge is -2.28. The fourth-order valence-electron chi connectivity index (χ4n) is 3.42. The highest BCUT2D eigenvalue weighted by Gasteiger charge is 2.34. The highest BCUT2D eigenvalue weighted by atomic mass is 32.2. The molecule has 1 aromatic rings. The molecule has 5 heteroatoms.